The Morgan fingerprint density at radius 1 is 1.19 bits per heavy atom. The van der Waals surface area contributed by atoms with Crippen LogP contribution in [0.5, 0.6) is 0 Å². The van der Waals surface area contributed by atoms with Gasteiger partial charge in [0.25, 0.3) is 0 Å². The molecule has 116 valence electrons. The number of nitriles is 1. The van der Waals surface area contributed by atoms with Crippen molar-refractivity contribution in [1.82, 2.24) is 10.2 Å². The summed E-state index contributed by atoms with van der Waals surface area (Å²) in [7, 11) is 0. The summed E-state index contributed by atoms with van der Waals surface area (Å²) in [5.41, 5.74) is 1.20. The minimum absolute atomic E-state index is 0.139. The van der Waals surface area contributed by atoms with Crippen LogP contribution < -0.4 is 5.32 Å². The van der Waals surface area contributed by atoms with E-state index in [1.807, 2.05) is 18.2 Å². The van der Waals surface area contributed by atoms with Crippen molar-refractivity contribution in [2.45, 2.75) is 52.1 Å². The van der Waals surface area contributed by atoms with E-state index in [1.165, 1.54) is 12.0 Å². The van der Waals surface area contributed by atoms with Crippen LogP contribution in [-0.4, -0.2) is 30.6 Å². The summed E-state index contributed by atoms with van der Waals surface area (Å²) in [4.78, 5) is 2.46. The lowest BCUT2D eigenvalue weighted by molar-refractivity contribution is 0.288. The lowest BCUT2D eigenvalue weighted by Gasteiger charge is -2.23. The topological polar surface area (TPSA) is 39.1 Å². The summed E-state index contributed by atoms with van der Waals surface area (Å²) in [6.45, 7) is 10.1. The molecule has 0 saturated carbocycles. The van der Waals surface area contributed by atoms with E-state index in [9.17, 15) is 0 Å². The van der Waals surface area contributed by atoms with E-state index >= 15 is 0 Å². The fourth-order valence-electron chi connectivity index (χ4n) is 2.64. The van der Waals surface area contributed by atoms with Gasteiger partial charge < -0.3 is 10.2 Å². The Bertz CT molecular complexity index is 406. The van der Waals surface area contributed by atoms with Crippen LogP contribution in [0, 0.1) is 11.3 Å². The molecule has 1 N–H and O–H groups in total. The molecule has 1 aromatic carbocycles. The van der Waals surface area contributed by atoms with Crippen molar-refractivity contribution in [3.05, 3.63) is 35.9 Å². The van der Waals surface area contributed by atoms with Crippen molar-refractivity contribution in [3.8, 4) is 6.07 Å². The second-order valence-electron chi connectivity index (χ2n) is 5.56. The monoisotopic (exact) mass is 287 g/mol. The lowest BCUT2D eigenvalue weighted by atomic mass is 10.0. The van der Waals surface area contributed by atoms with Gasteiger partial charge in [-0.2, -0.15) is 5.26 Å². The van der Waals surface area contributed by atoms with E-state index in [-0.39, 0.29) is 6.04 Å². The van der Waals surface area contributed by atoms with E-state index < -0.39 is 0 Å². The summed E-state index contributed by atoms with van der Waals surface area (Å²) in [6, 6.07) is 13.1. The van der Waals surface area contributed by atoms with Crippen LogP contribution in [0.3, 0.4) is 0 Å². The zero-order valence-corrected chi connectivity index (χ0v) is 13.7. The van der Waals surface area contributed by atoms with Gasteiger partial charge in [-0.15, -0.1) is 0 Å². The largest absolute Gasteiger partial charge is 0.307 e. The smallest absolute Gasteiger partial charge is 0.0641 e. The first-order valence-corrected chi connectivity index (χ1v) is 8.11. The molecule has 21 heavy (non-hydrogen) atoms. The van der Waals surface area contributed by atoms with Gasteiger partial charge in [-0.1, -0.05) is 44.2 Å². The molecular weight excluding hydrogens is 258 g/mol. The minimum Gasteiger partial charge on any atom is -0.307 e. The van der Waals surface area contributed by atoms with Crippen LogP contribution in [0.1, 0.15) is 51.6 Å². The van der Waals surface area contributed by atoms with Gasteiger partial charge in [0.05, 0.1) is 12.5 Å². The second kappa shape index (κ2) is 10.4. The van der Waals surface area contributed by atoms with Gasteiger partial charge in [-0.25, -0.2) is 0 Å². The first kappa shape index (κ1) is 17.7. The summed E-state index contributed by atoms with van der Waals surface area (Å²) in [5, 5.41) is 12.6. The molecule has 0 aliphatic rings. The Morgan fingerprint density at radius 2 is 1.86 bits per heavy atom. The highest BCUT2D eigenvalue weighted by Crippen LogP contribution is 2.17. The molecule has 3 nitrogen and oxygen atoms in total. The summed E-state index contributed by atoms with van der Waals surface area (Å²) >= 11 is 0. The standard InChI is InChI=1S/C18H29N3/c1-4-21(5-2)15-9-10-16(3)20-18(13-14-19)17-11-7-6-8-12-17/h6-8,11-12,16,18,20H,4-5,9-10,13,15H2,1-3H3. The lowest BCUT2D eigenvalue weighted by Crippen LogP contribution is -2.32. The molecule has 0 aliphatic heterocycles. The average Bonchev–Trinajstić information content (AvgIpc) is 2.52. The second-order valence-corrected chi connectivity index (χ2v) is 5.56. The molecule has 0 bridgehead atoms. The zero-order valence-electron chi connectivity index (χ0n) is 13.7. The van der Waals surface area contributed by atoms with Crippen LogP contribution in [0.15, 0.2) is 30.3 Å². The number of nitrogens with zero attached hydrogens (tertiary/aromatic N) is 2. The maximum absolute atomic E-state index is 9.03. The third kappa shape index (κ3) is 6.75. The van der Waals surface area contributed by atoms with Crippen LogP contribution >= 0.6 is 0 Å². The Labute approximate surface area is 130 Å². The molecule has 0 radical (unpaired) electrons. The molecule has 0 spiro atoms. The van der Waals surface area contributed by atoms with Crippen molar-refractivity contribution in [2.75, 3.05) is 19.6 Å². The molecule has 0 aliphatic carbocycles. The molecule has 0 fully saturated rings. The molecule has 0 aromatic heterocycles. The third-order valence-electron chi connectivity index (χ3n) is 3.99. The Morgan fingerprint density at radius 3 is 2.43 bits per heavy atom. The quantitative estimate of drug-likeness (QED) is 0.712. The van der Waals surface area contributed by atoms with Crippen molar-refractivity contribution in [3.63, 3.8) is 0 Å². The Hall–Kier alpha value is -1.37. The predicted octanol–water partition coefficient (Wildman–Crippen LogP) is 3.74. The predicted molar refractivity (Wildman–Crippen MR) is 89.0 cm³/mol. The van der Waals surface area contributed by atoms with E-state index in [1.54, 1.807) is 0 Å². The maximum Gasteiger partial charge on any atom is 0.0641 e. The highest BCUT2D eigenvalue weighted by atomic mass is 15.1. The first-order chi connectivity index (χ1) is 10.2. The van der Waals surface area contributed by atoms with Crippen molar-refractivity contribution < 1.29 is 0 Å². The van der Waals surface area contributed by atoms with Crippen LogP contribution in [0.4, 0.5) is 0 Å². The summed E-state index contributed by atoms with van der Waals surface area (Å²) in [6.07, 6.45) is 2.86. The SMILES string of the molecule is CCN(CC)CCCC(C)NC(CC#N)c1ccccc1. The fourth-order valence-corrected chi connectivity index (χ4v) is 2.64. The zero-order chi connectivity index (χ0) is 15.5. The molecular formula is C18H29N3. The number of nitrogens with one attached hydrogen (secondary N) is 1. The first-order valence-electron chi connectivity index (χ1n) is 8.11. The fraction of sp³-hybridized carbons (Fsp3) is 0.611. The maximum atomic E-state index is 9.03. The third-order valence-corrected chi connectivity index (χ3v) is 3.99. The summed E-state index contributed by atoms with van der Waals surface area (Å²) in [5.74, 6) is 0. The normalized spacial score (nSPS) is 13.9. The van der Waals surface area contributed by atoms with Gasteiger partial charge in [0, 0.05) is 12.1 Å². The average molecular weight is 287 g/mol. The van der Waals surface area contributed by atoms with E-state index in [0.29, 0.717) is 12.5 Å². The molecule has 2 unspecified atom stereocenters. The molecule has 1 rings (SSSR count). The molecule has 2 atom stereocenters. The highest BCUT2D eigenvalue weighted by Gasteiger charge is 2.13. The van der Waals surface area contributed by atoms with Crippen molar-refractivity contribution in [1.29, 1.82) is 5.26 Å². The van der Waals surface area contributed by atoms with Crippen LogP contribution in [0.25, 0.3) is 0 Å². The van der Waals surface area contributed by atoms with Crippen molar-refractivity contribution >= 4 is 0 Å². The van der Waals surface area contributed by atoms with E-state index in [0.717, 1.165) is 26.1 Å². The number of hydrogen-bond acceptors (Lipinski definition) is 3. The molecule has 0 amide bonds. The van der Waals surface area contributed by atoms with E-state index in [2.05, 4.69) is 49.2 Å². The van der Waals surface area contributed by atoms with E-state index in [4.69, 9.17) is 5.26 Å². The van der Waals surface area contributed by atoms with Gasteiger partial charge in [-0.05, 0) is 45.0 Å². The van der Waals surface area contributed by atoms with Crippen LogP contribution in [-0.2, 0) is 0 Å². The molecule has 0 heterocycles. The minimum atomic E-state index is 0.139. The number of benzene rings is 1. The van der Waals surface area contributed by atoms with Gasteiger partial charge in [0.1, 0.15) is 0 Å². The van der Waals surface area contributed by atoms with Gasteiger partial charge >= 0.3 is 0 Å². The summed E-state index contributed by atoms with van der Waals surface area (Å²) < 4.78 is 0. The Kier molecular flexibility index (Phi) is 8.73. The molecule has 3 heteroatoms. The van der Waals surface area contributed by atoms with Gasteiger partial charge in [-0.3, -0.25) is 0 Å². The molecule has 0 saturated heterocycles. The highest BCUT2D eigenvalue weighted by molar-refractivity contribution is 5.20. The van der Waals surface area contributed by atoms with Crippen LogP contribution in [0.2, 0.25) is 0 Å². The molecule has 1 aromatic rings. The number of hydrogen-bond donors (Lipinski definition) is 1. The van der Waals surface area contributed by atoms with Gasteiger partial charge in [0.15, 0.2) is 0 Å². The Balaban J connectivity index is 2.43. The number of rotatable bonds is 10. The van der Waals surface area contributed by atoms with Crippen molar-refractivity contribution in [2.24, 2.45) is 0 Å². The van der Waals surface area contributed by atoms with Gasteiger partial charge in [0.2, 0.25) is 0 Å².